The van der Waals surface area contributed by atoms with E-state index < -0.39 is 17.6 Å². The average Bonchev–Trinajstić information content (AvgIpc) is 2.78. The van der Waals surface area contributed by atoms with Gasteiger partial charge in [-0.2, -0.15) is 0 Å². The molecule has 0 aliphatic heterocycles. The Bertz CT molecular complexity index is 680. The fourth-order valence-electron chi connectivity index (χ4n) is 2.12. The molecule has 0 bridgehead atoms. The summed E-state index contributed by atoms with van der Waals surface area (Å²) >= 11 is 3.01. The molecule has 1 aromatic heterocycles. The number of carbonyl (C=O) groups is 1. The molecule has 3 nitrogen and oxygen atoms in total. The Balaban J connectivity index is 2.70. The largest absolute Gasteiger partial charge is 0.477 e. The quantitative estimate of drug-likeness (QED) is 0.835. The van der Waals surface area contributed by atoms with Crippen molar-refractivity contribution in [2.75, 3.05) is 0 Å². The fourth-order valence-corrected chi connectivity index (χ4v) is 2.46. The van der Waals surface area contributed by atoms with Gasteiger partial charge in [0, 0.05) is 17.7 Å². The highest BCUT2D eigenvalue weighted by atomic mass is 79.9. The predicted octanol–water partition coefficient (Wildman–Crippen LogP) is 4.47. The van der Waals surface area contributed by atoms with E-state index in [1.54, 1.807) is 13.8 Å². The van der Waals surface area contributed by atoms with E-state index in [2.05, 4.69) is 15.9 Å². The number of carboxylic acid groups (broad SMARTS) is 1. The molecule has 0 saturated heterocycles. The maximum Gasteiger partial charge on any atom is 0.352 e. The van der Waals surface area contributed by atoms with Crippen LogP contribution in [0.2, 0.25) is 0 Å². The summed E-state index contributed by atoms with van der Waals surface area (Å²) in [4.78, 5) is 11.2. The molecule has 0 saturated carbocycles. The van der Waals surface area contributed by atoms with E-state index in [0.29, 0.717) is 5.69 Å². The zero-order valence-corrected chi connectivity index (χ0v) is 12.4. The lowest BCUT2D eigenvalue weighted by atomic mass is 10.1. The van der Waals surface area contributed by atoms with Crippen molar-refractivity contribution in [1.82, 2.24) is 4.57 Å². The van der Waals surface area contributed by atoms with Crippen molar-refractivity contribution in [1.29, 1.82) is 0 Å². The molecule has 0 aliphatic carbocycles. The first kappa shape index (κ1) is 14.7. The highest BCUT2D eigenvalue weighted by molar-refractivity contribution is 9.10. The second-order valence-electron chi connectivity index (χ2n) is 4.62. The highest BCUT2D eigenvalue weighted by Crippen LogP contribution is 2.31. The molecule has 0 fully saturated rings. The molecular formula is C14H12BrF2NO2. The molecule has 0 unspecified atom stereocenters. The summed E-state index contributed by atoms with van der Waals surface area (Å²) in [6.07, 6.45) is 0. The van der Waals surface area contributed by atoms with Gasteiger partial charge in [-0.25, -0.2) is 13.6 Å². The van der Waals surface area contributed by atoms with Crippen molar-refractivity contribution in [2.24, 2.45) is 0 Å². The second-order valence-corrected chi connectivity index (χ2v) is 5.47. The molecule has 1 aromatic carbocycles. The molecular weight excluding hydrogens is 332 g/mol. The third kappa shape index (κ3) is 2.47. The van der Waals surface area contributed by atoms with Crippen LogP contribution in [0.5, 0.6) is 0 Å². The minimum Gasteiger partial charge on any atom is -0.477 e. The molecule has 106 valence electrons. The van der Waals surface area contributed by atoms with Gasteiger partial charge in [0.25, 0.3) is 0 Å². The summed E-state index contributed by atoms with van der Waals surface area (Å²) in [7, 11) is 0. The number of benzene rings is 1. The Labute approximate surface area is 123 Å². The molecule has 0 atom stereocenters. The van der Waals surface area contributed by atoms with E-state index in [1.165, 1.54) is 22.8 Å². The van der Waals surface area contributed by atoms with Crippen LogP contribution >= 0.6 is 15.9 Å². The van der Waals surface area contributed by atoms with Gasteiger partial charge in [-0.05, 0) is 48.0 Å². The average molecular weight is 344 g/mol. The number of carboxylic acids is 1. The molecule has 6 heteroatoms. The lowest BCUT2D eigenvalue weighted by Crippen LogP contribution is -2.12. The van der Waals surface area contributed by atoms with Crippen LogP contribution in [0, 0.1) is 11.6 Å². The molecule has 2 rings (SSSR count). The topological polar surface area (TPSA) is 42.2 Å². The summed E-state index contributed by atoms with van der Waals surface area (Å²) in [5.41, 5.74) is 0.616. The van der Waals surface area contributed by atoms with E-state index in [1.807, 2.05) is 0 Å². The van der Waals surface area contributed by atoms with E-state index in [0.717, 1.165) is 6.07 Å². The van der Waals surface area contributed by atoms with Crippen LogP contribution in [0.1, 0.15) is 30.4 Å². The van der Waals surface area contributed by atoms with E-state index >= 15 is 0 Å². The van der Waals surface area contributed by atoms with Gasteiger partial charge in [0.05, 0.1) is 10.2 Å². The summed E-state index contributed by atoms with van der Waals surface area (Å²) in [5.74, 6) is -2.53. The molecule has 1 heterocycles. The fraction of sp³-hybridized carbons (Fsp3) is 0.214. The Morgan fingerprint density at radius 3 is 2.45 bits per heavy atom. The Morgan fingerprint density at radius 1 is 1.25 bits per heavy atom. The molecule has 0 amide bonds. The minimum absolute atomic E-state index is 0.0647. The van der Waals surface area contributed by atoms with Crippen molar-refractivity contribution >= 4 is 21.9 Å². The molecule has 0 spiro atoms. The van der Waals surface area contributed by atoms with Crippen LogP contribution < -0.4 is 0 Å². The van der Waals surface area contributed by atoms with Gasteiger partial charge < -0.3 is 9.67 Å². The lowest BCUT2D eigenvalue weighted by molar-refractivity contribution is 0.0683. The van der Waals surface area contributed by atoms with Crippen molar-refractivity contribution in [2.45, 2.75) is 19.9 Å². The maximum atomic E-state index is 13.9. The normalized spacial score (nSPS) is 11.1. The molecule has 20 heavy (non-hydrogen) atoms. The Morgan fingerprint density at radius 2 is 1.90 bits per heavy atom. The number of aromatic carboxylic acids is 1. The van der Waals surface area contributed by atoms with Crippen molar-refractivity contribution in [3.8, 4) is 11.3 Å². The second kappa shape index (κ2) is 5.36. The Kier molecular flexibility index (Phi) is 3.94. The molecule has 2 aromatic rings. The van der Waals surface area contributed by atoms with E-state index in [4.69, 9.17) is 5.11 Å². The lowest BCUT2D eigenvalue weighted by Gasteiger charge is -2.16. The van der Waals surface area contributed by atoms with Crippen LogP contribution in [0.25, 0.3) is 11.3 Å². The monoisotopic (exact) mass is 343 g/mol. The first-order valence-electron chi connectivity index (χ1n) is 5.92. The summed E-state index contributed by atoms with van der Waals surface area (Å²) in [6, 6.07) is 4.84. The van der Waals surface area contributed by atoms with Gasteiger partial charge in [0.2, 0.25) is 0 Å². The van der Waals surface area contributed by atoms with Crippen molar-refractivity contribution in [3.63, 3.8) is 0 Å². The zero-order valence-electron chi connectivity index (χ0n) is 10.8. The van der Waals surface area contributed by atoms with E-state index in [-0.39, 0.29) is 21.8 Å². The SMILES string of the molecule is CC(C)n1c(C(=O)O)ccc1-c1cc(Br)c(F)cc1F. The number of aromatic nitrogens is 1. The standard InChI is InChI=1S/C14H12BrF2NO2/c1-7(2)18-12(3-4-13(18)14(19)20)8-5-9(15)11(17)6-10(8)16/h3-7H,1-2H3,(H,19,20). The first-order chi connectivity index (χ1) is 9.32. The van der Waals surface area contributed by atoms with Gasteiger partial charge in [-0.1, -0.05) is 0 Å². The third-order valence-electron chi connectivity index (χ3n) is 2.94. The molecule has 0 aliphatic rings. The zero-order chi connectivity index (χ0) is 15.0. The number of rotatable bonds is 3. The molecule has 1 N–H and O–H groups in total. The highest BCUT2D eigenvalue weighted by Gasteiger charge is 2.20. The van der Waals surface area contributed by atoms with Crippen LogP contribution in [-0.4, -0.2) is 15.6 Å². The number of halogens is 3. The predicted molar refractivity (Wildman–Crippen MR) is 74.8 cm³/mol. The number of nitrogens with zero attached hydrogens (tertiary/aromatic N) is 1. The van der Waals surface area contributed by atoms with Gasteiger partial charge in [-0.3, -0.25) is 0 Å². The minimum atomic E-state index is -1.09. The van der Waals surface area contributed by atoms with Gasteiger partial charge in [0.15, 0.2) is 0 Å². The van der Waals surface area contributed by atoms with Gasteiger partial charge in [0.1, 0.15) is 17.3 Å². The van der Waals surface area contributed by atoms with E-state index in [9.17, 15) is 13.6 Å². The number of hydrogen-bond donors (Lipinski definition) is 1. The Hall–Kier alpha value is -1.69. The smallest absolute Gasteiger partial charge is 0.352 e. The van der Waals surface area contributed by atoms with Crippen molar-refractivity contribution in [3.05, 3.63) is 46.1 Å². The van der Waals surface area contributed by atoms with Crippen LogP contribution in [0.4, 0.5) is 8.78 Å². The van der Waals surface area contributed by atoms with Gasteiger partial charge in [-0.15, -0.1) is 0 Å². The first-order valence-corrected chi connectivity index (χ1v) is 6.71. The molecule has 0 radical (unpaired) electrons. The summed E-state index contributed by atoms with van der Waals surface area (Å²) in [6.45, 7) is 3.60. The third-order valence-corrected chi connectivity index (χ3v) is 3.55. The van der Waals surface area contributed by atoms with Crippen LogP contribution in [-0.2, 0) is 0 Å². The van der Waals surface area contributed by atoms with Gasteiger partial charge >= 0.3 is 5.97 Å². The summed E-state index contributed by atoms with van der Waals surface area (Å²) in [5, 5.41) is 9.16. The summed E-state index contributed by atoms with van der Waals surface area (Å²) < 4.78 is 28.9. The maximum absolute atomic E-state index is 13.9. The van der Waals surface area contributed by atoms with Crippen LogP contribution in [0.3, 0.4) is 0 Å². The van der Waals surface area contributed by atoms with Crippen molar-refractivity contribution < 1.29 is 18.7 Å². The number of hydrogen-bond acceptors (Lipinski definition) is 1. The van der Waals surface area contributed by atoms with Crippen LogP contribution in [0.15, 0.2) is 28.7 Å².